The average molecular weight is 225 g/mol. The van der Waals surface area contributed by atoms with Crippen molar-refractivity contribution in [3.63, 3.8) is 0 Å². The quantitative estimate of drug-likeness (QED) is 0.778. The van der Waals surface area contributed by atoms with E-state index < -0.39 is 17.7 Å². The Bertz CT molecular complexity index is 404. The molecule has 1 aromatic rings. The molecule has 86 valence electrons. The predicted molar refractivity (Wildman–Crippen MR) is 57.9 cm³/mol. The third kappa shape index (κ3) is 2.97. The number of Topliss-reactive ketones (excluding diaryl/α,β-unsaturated/α-hetero) is 1. The minimum absolute atomic E-state index is 0.0320. The summed E-state index contributed by atoms with van der Waals surface area (Å²) in [6, 6.07) is 3.03. The lowest BCUT2D eigenvalue weighted by Crippen LogP contribution is -2.31. The van der Waals surface area contributed by atoms with E-state index in [0.717, 1.165) is 6.07 Å². The maximum Gasteiger partial charge on any atom is 0.162 e. The molecular weight excluding hydrogens is 212 g/mol. The second-order valence-electron chi connectivity index (χ2n) is 3.49. The molecule has 0 aromatic heterocycles. The molecule has 16 heavy (non-hydrogen) atoms. The van der Waals surface area contributed by atoms with E-state index in [1.165, 1.54) is 18.2 Å². The third-order valence-corrected chi connectivity index (χ3v) is 2.23. The lowest BCUT2D eigenvalue weighted by molar-refractivity contribution is -0.119. The fourth-order valence-electron chi connectivity index (χ4n) is 1.31. The van der Waals surface area contributed by atoms with Crippen molar-refractivity contribution in [2.24, 2.45) is 5.73 Å². The SMILES string of the molecule is C=CCC(N)C(=O)Cc1cccc(F)c1F. The Kier molecular flexibility index (Phi) is 4.31. The smallest absolute Gasteiger partial charge is 0.162 e. The lowest BCUT2D eigenvalue weighted by atomic mass is 10.0. The van der Waals surface area contributed by atoms with E-state index in [2.05, 4.69) is 6.58 Å². The van der Waals surface area contributed by atoms with E-state index in [9.17, 15) is 13.6 Å². The highest BCUT2D eigenvalue weighted by atomic mass is 19.2. The second kappa shape index (κ2) is 5.51. The van der Waals surface area contributed by atoms with Crippen molar-refractivity contribution in [3.05, 3.63) is 48.1 Å². The van der Waals surface area contributed by atoms with Crippen molar-refractivity contribution in [2.45, 2.75) is 18.9 Å². The van der Waals surface area contributed by atoms with E-state index in [1.54, 1.807) is 0 Å². The third-order valence-electron chi connectivity index (χ3n) is 2.23. The maximum absolute atomic E-state index is 13.2. The molecule has 0 aliphatic carbocycles. The van der Waals surface area contributed by atoms with Gasteiger partial charge in [-0.15, -0.1) is 6.58 Å². The number of hydrogen-bond acceptors (Lipinski definition) is 2. The summed E-state index contributed by atoms with van der Waals surface area (Å²) in [6.07, 6.45) is 1.65. The van der Waals surface area contributed by atoms with Crippen LogP contribution in [-0.2, 0) is 11.2 Å². The normalized spacial score (nSPS) is 12.2. The molecule has 0 spiro atoms. The first-order chi connectivity index (χ1) is 7.56. The highest BCUT2D eigenvalue weighted by molar-refractivity contribution is 5.86. The molecular formula is C12H13F2NO. The molecule has 0 bridgehead atoms. The summed E-state index contributed by atoms with van der Waals surface area (Å²) in [6.45, 7) is 3.46. The highest BCUT2D eigenvalue weighted by Gasteiger charge is 2.16. The van der Waals surface area contributed by atoms with E-state index in [0.29, 0.717) is 6.42 Å². The molecule has 2 nitrogen and oxygen atoms in total. The van der Waals surface area contributed by atoms with Crippen molar-refractivity contribution in [1.82, 2.24) is 0 Å². The second-order valence-corrected chi connectivity index (χ2v) is 3.49. The first-order valence-corrected chi connectivity index (χ1v) is 4.88. The zero-order valence-electron chi connectivity index (χ0n) is 8.75. The largest absolute Gasteiger partial charge is 0.321 e. The molecule has 1 aromatic carbocycles. The van der Waals surface area contributed by atoms with Crippen LogP contribution in [-0.4, -0.2) is 11.8 Å². The minimum Gasteiger partial charge on any atom is -0.321 e. The van der Waals surface area contributed by atoms with Crippen LogP contribution in [0.4, 0.5) is 8.78 Å². The van der Waals surface area contributed by atoms with Gasteiger partial charge in [0.05, 0.1) is 6.04 Å². The molecule has 0 saturated heterocycles. The number of ketones is 1. The maximum atomic E-state index is 13.2. The molecule has 1 unspecified atom stereocenters. The Morgan fingerprint density at radius 1 is 1.50 bits per heavy atom. The van der Waals surface area contributed by atoms with Gasteiger partial charge in [0.1, 0.15) is 0 Å². The van der Waals surface area contributed by atoms with Crippen molar-refractivity contribution < 1.29 is 13.6 Å². The van der Waals surface area contributed by atoms with Gasteiger partial charge in [-0.2, -0.15) is 0 Å². The standard InChI is InChI=1S/C12H13F2NO/c1-2-4-10(15)11(16)7-8-5-3-6-9(13)12(8)14/h2-3,5-6,10H,1,4,7,15H2. The topological polar surface area (TPSA) is 43.1 Å². The van der Waals surface area contributed by atoms with Crippen molar-refractivity contribution in [3.8, 4) is 0 Å². The van der Waals surface area contributed by atoms with E-state index in [4.69, 9.17) is 5.73 Å². The van der Waals surface area contributed by atoms with Gasteiger partial charge in [-0.25, -0.2) is 8.78 Å². The number of nitrogens with two attached hydrogens (primary N) is 1. The molecule has 0 aliphatic heterocycles. The summed E-state index contributed by atoms with van der Waals surface area (Å²) in [5.41, 5.74) is 5.56. The van der Waals surface area contributed by atoms with E-state index in [1.807, 2.05) is 0 Å². The van der Waals surface area contributed by atoms with Gasteiger partial charge in [-0.3, -0.25) is 4.79 Å². The number of carbonyl (C=O) groups is 1. The molecule has 4 heteroatoms. The Hall–Kier alpha value is -1.55. The fourth-order valence-corrected chi connectivity index (χ4v) is 1.31. The monoisotopic (exact) mass is 225 g/mol. The summed E-state index contributed by atoms with van der Waals surface area (Å²) in [7, 11) is 0. The number of carbonyl (C=O) groups excluding carboxylic acids is 1. The van der Waals surface area contributed by atoms with E-state index in [-0.39, 0.29) is 17.8 Å². The minimum atomic E-state index is -0.985. The number of hydrogen-bond donors (Lipinski definition) is 1. The van der Waals surface area contributed by atoms with Gasteiger partial charge in [0.15, 0.2) is 17.4 Å². The molecule has 1 atom stereocenters. The molecule has 0 saturated carbocycles. The van der Waals surface area contributed by atoms with Crippen molar-refractivity contribution in [1.29, 1.82) is 0 Å². The number of benzene rings is 1. The summed E-state index contributed by atoms with van der Waals surface area (Å²) >= 11 is 0. The van der Waals surface area contributed by atoms with Gasteiger partial charge in [0.25, 0.3) is 0 Å². The van der Waals surface area contributed by atoms with Crippen LogP contribution in [0.3, 0.4) is 0 Å². The predicted octanol–water partition coefficient (Wildman–Crippen LogP) is 1.98. The van der Waals surface area contributed by atoms with Crippen LogP contribution in [0.2, 0.25) is 0 Å². The van der Waals surface area contributed by atoms with Crippen LogP contribution in [0, 0.1) is 11.6 Å². The number of rotatable bonds is 5. The van der Waals surface area contributed by atoms with Gasteiger partial charge < -0.3 is 5.73 Å². The molecule has 0 amide bonds. The summed E-state index contributed by atoms with van der Waals surface area (Å²) in [4.78, 5) is 11.5. The summed E-state index contributed by atoms with van der Waals surface area (Å²) < 4.78 is 26.1. The molecule has 0 radical (unpaired) electrons. The summed E-state index contributed by atoms with van der Waals surface area (Å²) in [5.74, 6) is -2.27. The zero-order valence-corrected chi connectivity index (χ0v) is 8.75. The Labute approximate surface area is 92.8 Å². The molecule has 0 heterocycles. The van der Waals surface area contributed by atoms with Crippen molar-refractivity contribution in [2.75, 3.05) is 0 Å². The van der Waals surface area contributed by atoms with Crippen LogP contribution < -0.4 is 5.73 Å². The Balaban J connectivity index is 2.77. The van der Waals surface area contributed by atoms with Crippen LogP contribution in [0.15, 0.2) is 30.9 Å². The van der Waals surface area contributed by atoms with Crippen LogP contribution >= 0.6 is 0 Å². The Morgan fingerprint density at radius 3 is 2.81 bits per heavy atom. The van der Waals surface area contributed by atoms with Crippen molar-refractivity contribution >= 4 is 5.78 Å². The molecule has 0 fully saturated rings. The molecule has 1 rings (SSSR count). The molecule has 2 N–H and O–H groups in total. The zero-order chi connectivity index (χ0) is 12.1. The van der Waals surface area contributed by atoms with Gasteiger partial charge in [0.2, 0.25) is 0 Å². The average Bonchev–Trinajstić information content (AvgIpc) is 2.25. The van der Waals surface area contributed by atoms with Gasteiger partial charge in [-0.1, -0.05) is 18.2 Å². The first kappa shape index (κ1) is 12.5. The lowest BCUT2D eigenvalue weighted by Gasteiger charge is -2.08. The Morgan fingerprint density at radius 2 is 2.19 bits per heavy atom. The van der Waals surface area contributed by atoms with Crippen LogP contribution in [0.5, 0.6) is 0 Å². The van der Waals surface area contributed by atoms with Gasteiger partial charge in [0, 0.05) is 6.42 Å². The highest BCUT2D eigenvalue weighted by Crippen LogP contribution is 2.12. The first-order valence-electron chi connectivity index (χ1n) is 4.88. The van der Waals surface area contributed by atoms with Gasteiger partial charge >= 0.3 is 0 Å². The van der Waals surface area contributed by atoms with E-state index >= 15 is 0 Å². The van der Waals surface area contributed by atoms with Gasteiger partial charge in [-0.05, 0) is 18.1 Å². The number of halogens is 2. The fraction of sp³-hybridized carbons (Fsp3) is 0.250. The van der Waals surface area contributed by atoms with Crippen LogP contribution in [0.1, 0.15) is 12.0 Å². The summed E-state index contributed by atoms with van der Waals surface area (Å²) in [5, 5.41) is 0. The van der Waals surface area contributed by atoms with Crippen LogP contribution in [0.25, 0.3) is 0 Å². The molecule has 0 aliphatic rings.